The van der Waals surface area contributed by atoms with Gasteiger partial charge in [-0.3, -0.25) is 4.79 Å². The molecule has 10 fully saturated rings. The molecule has 0 saturated heterocycles. The molecule has 30 atom stereocenters. The number of hydrogen-bond donors (Lipinski definition) is 9. The number of benzene rings is 5. The average Bonchev–Trinajstić information content (AvgIpc) is 1.54. The maximum absolute atomic E-state index is 12.9. The van der Waals surface area contributed by atoms with Crippen molar-refractivity contribution in [3.05, 3.63) is 147 Å². The Labute approximate surface area is 907 Å². The Kier molecular flexibility index (Phi) is 42.5. The highest BCUT2D eigenvalue weighted by Crippen LogP contribution is 2.70. The molecule has 0 aliphatic heterocycles. The van der Waals surface area contributed by atoms with Gasteiger partial charge in [-0.15, -0.1) is 0 Å². The van der Waals surface area contributed by atoms with Crippen molar-refractivity contribution in [1.29, 1.82) is 0 Å². The van der Waals surface area contributed by atoms with Gasteiger partial charge >= 0.3 is 5.97 Å². The van der Waals surface area contributed by atoms with Gasteiger partial charge in [-0.05, 0) is 462 Å². The highest BCUT2D eigenvalue weighted by molar-refractivity contribution is 5.69. The zero-order valence-corrected chi connectivity index (χ0v) is 95.3. The van der Waals surface area contributed by atoms with Gasteiger partial charge < -0.3 is 74.4 Å². The molecule has 15 aliphatic carbocycles. The van der Waals surface area contributed by atoms with Crippen LogP contribution in [0.2, 0.25) is 0 Å². The molecule has 20 rings (SSSR count). The summed E-state index contributed by atoms with van der Waals surface area (Å²) in [6.07, 6.45) is 68.2. The average molecular weight is 2070 g/mol. The number of phenols is 5. The number of carbonyl (C=O) groups excluding carboxylic acids is 1. The van der Waals surface area contributed by atoms with E-state index in [1.165, 1.54) is 300 Å². The number of phenolic OH excluding ortho intramolecular Hbond substituents is 5. The van der Waals surface area contributed by atoms with E-state index in [9.17, 15) is 50.8 Å². The van der Waals surface area contributed by atoms with Gasteiger partial charge in [-0.1, -0.05) is 220 Å². The van der Waals surface area contributed by atoms with Crippen LogP contribution in [0.4, 0.5) is 0 Å². The lowest BCUT2D eigenvalue weighted by Crippen LogP contribution is -2.46. The van der Waals surface area contributed by atoms with Gasteiger partial charge in [0.1, 0.15) is 34.9 Å². The molecule has 150 heavy (non-hydrogen) atoms. The summed E-state index contributed by atoms with van der Waals surface area (Å²) in [6, 6.07) is 30.4. The van der Waals surface area contributed by atoms with E-state index in [0.717, 1.165) is 142 Å². The van der Waals surface area contributed by atoms with Gasteiger partial charge in [-0.25, -0.2) is 0 Å². The normalized spacial score (nSPS) is 34.9. The van der Waals surface area contributed by atoms with Crippen molar-refractivity contribution in [3.8, 4) is 28.7 Å². The number of rotatable bonds is 43. The summed E-state index contributed by atoms with van der Waals surface area (Å²) >= 11 is 0. The van der Waals surface area contributed by atoms with Crippen molar-refractivity contribution >= 4 is 5.97 Å². The van der Waals surface area contributed by atoms with E-state index in [4.69, 9.17) is 28.4 Å². The molecular weight excluding hydrogens is 1870 g/mol. The molecule has 838 valence electrons. The molecular formula is C134H206O16. The van der Waals surface area contributed by atoms with Crippen LogP contribution in [0.5, 0.6) is 28.7 Å². The molecule has 0 bridgehead atoms. The van der Waals surface area contributed by atoms with E-state index >= 15 is 0 Å². The molecule has 0 spiro atoms. The van der Waals surface area contributed by atoms with Gasteiger partial charge in [0.25, 0.3) is 0 Å². The monoisotopic (exact) mass is 2070 g/mol. The minimum Gasteiger partial charge on any atom is -0.508 e. The lowest BCUT2D eigenvalue weighted by molar-refractivity contribution is -0.157. The summed E-state index contributed by atoms with van der Waals surface area (Å²) in [5.74, 6) is 14.0. The SMILES string of the molecule is CCCCCCCCCCCCCCCCCC(=O)O[C@H]1CC[C@H]2[C@@H]3C[C@@H](COC)c4cc(O)ccc4[C@H]3CC[C@]12C.COCCCCCCCC[C@@H]1C[C@@H]2[C@H](CC[C@]3(C)[C@@H](O)CC[C@@H]23)c2ccc(O)cc21.COCCCCCC[C@@H]1C[C@@H]2[C@H](CC[C@]3(C)[C@@H](O)CC[C@@H]23)c2ccc(O)cc21.COCCCC[C@@H]1C[C@@H]2[C@H](CC[C@]3(C)[C@@H](O)CC[C@@H]23)c2ccc(O)cc21.COCC[C@@H]1C[C@@H]2[C@H](CC[C@]3(C)[C@@H](O)CC[C@@H]23)c2ccc(O)cc21. The standard InChI is InChI=1S/C38H62O4.C27H42O3.C25H38O3.C23H34O3.C21H30O3/c1-4-5-6-7-8-9-10-11-12-13-14-15-16-17-18-19-37(40)42-36-23-22-35-34-26-29(28-41-3)33-27-30(39)20-21-31(33)32(34)24-25-38(35,36)2;1-27-15-14-22-21-11-10-20(28)18-23(21)19(9-7-5-3-4-6-8-16-30-2)17-24(22)25(27)12-13-26(27)29;1-25-13-12-20-19-9-8-18(26)16-21(19)17(7-5-3-4-6-14-28-2)15-22(20)23(25)10-11-24(25)27;1-23-11-10-18-17-7-6-16(24)14-19(17)15(5-3-4-12-26-2)13-20(18)21(23)8-9-22(23)25;1-21-9-7-16-15-4-3-14(22)12-17(15)13(8-10-24-2)11-18(16)19(21)5-6-20(21)23/h20-21,27,29,32,34-36,39H,4-19,22-26,28H2,1-3H3;10-11,18-19,22,24-26,28-29H,3-9,12-17H2,1-2H3;8-9,16-17,20,22-24,26-27H,3-7,10-15H2,1-2H3;6-7,14-15,18,20-22,24-25H,3-5,8-13H2,1-2H3;3-4,12-13,16,18-20,22-23H,5-11H2,1-2H3/t29-,32+,34+,35-,36-,38-;19-,22-,24-,25+,26+,27+;17-,20-,22-,23+,24+,25+;15-,18-,20-,21+,22+,23+;13-,16-,18-,19+,20+,21+/m01111/s1. The first-order valence-electron chi connectivity index (χ1n) is 62.2. The molecule has 0 aromatic heterocycles. The van der Waals surface area contributed by atoms with E-state index in [0.29, 0.717) is 160 Å². The molecule has 5 aromatic rings. The van der Waals surface area contributed by atoms with Crippen LogP contribution in [-0.2, 0) is 33.2 Å². The Morgan fingerprint density at radius 3 is 0.820 bits per heavy atom. The van der Waals surface area contributed by atoms with Crippen LogP contribution in [-0.4, -0.2) is 151 Å². The summed E-state index contributed by atoms with van der Waals surface area (Å²) in [7, 11) is 8.88. The number of aromatic hydroxyl groups is 5. The maximum Gasteiger partial charge on any atom is 0.306 e. The number of unbranched alkanes of at least 4 members (excludes halogenated alkanes) is 23. The fourth-order valence-corrected chi connectivity index (χ4v) is 36.1. The Hall–Kier alpha value is -5.79. The number of methoxy groups -OCH3 is 5. The van der Waals surface area contributed by atoms with Crippen molar-refractivity contribution in [1.82, 2.24) is 0 Å². The number of hydrogen-bond acceptors (Lipinski definition) is 16. The maximum atomic E-state index is 12.9. The number of carbonyl (C=O) groups is 1. The largest absolute Gasteiger partial charge is 0.508 e. The van der Waals surface area contributed by atoms with Crippen LogP contribution in [0.1, 0.15) is 522 Å². The van der Waals surface area contributed by atoms with Gasteiger partial charge in [-0.2, -0.15) is 0 Å². The Morgan fingerprint density at radius 1 is 0.267 bits per heavy atom. The molecule has 16 nitrogen and oxygen atoms in total. The highest BCUT2D eigenvalue weighted by atomic mass is 16.5. The number of ether oxygens (including phenoxy) is 6. The predicted octanol–water partition coefficient (Wildman–Crippen LogP) is 32.0. The number of aliphatic hydroxyl groups is 4. The van der Waals surface area contributed by atoms with E-state index in [1.54, 1.807) is 35.5 Å². The summed E-state index contributed by atoms with van der Waals surface area (Å²) in [4.78, 5) is 12.9. The van der Waals surface area contributed by atoms with Gasteiger partial charge in [0.05, 0.1) is 31.0 Å². The fourth-order valence-electron chi connectivity index (χ4n) is 36.1. The quantitative estimate of drug-likeness (QED) is 0.0130. The molecule has 0 amide bonds. The van der Waals surface area contributed by atoms with E-state index < -0.39 is 0 Å². The van der Waals surface area contributed by atoms with Crippen LogP contribution < -0.4 is 0 Å². The number of fused-ring (bicyclic) bond motifs is 25. The molecule has 5 aromatic carbocycles. The van der Waals surface area contributed by atoms with Crippen LogP contribution in [0.25, 0.3) is 0 Å². The van der Waals surface area contributed by atoms with Gasteiger partial charge in [0.2, 0.25) is 0 Å². The second-order valence-corrected chi connectivity index (χ2v) is 52.8. The summed E-state index contributed by atoms with van der Waals surface area (Å²) in [6.45, 7) is 18.1. The summed E-state index contributed by atoms with van der Waals surface area (Å²) in [5.41, 5.74) is 14.8. The highest BCUT2D eigenvalue weighted by Gasteiger charge is 2.62. The molecule has 9 N–H and O–H groups in total. The lowest BCUT2D eigenvalue weighted by Gasteiger charge is -2.51. The second-order valence-electron chi connectivity index (χ2n) is 52.8. The van der Waals surface area contributed by atoms with Crippen LogP contribution >= 0.6 is 0 Å². The Bertz CT molecular complexity index is 4970. The number of aliphatic hydroxyl groups excluding tert-OH is 4. The summed E-state index contributed by atoms with van der Waals surface area (Å²) < 4.78 is 32.7. The van der Waals surface area contributed by atoms with E-state index in [2.05, 4.69) is 84.0 Å². The minimum atomic E-state index is -0.123. The molecule has 0 heterocycles. The van der Waals surface area contributed by atoms with Crippen LogP contribution in [0.15, 0.2) is 91.0 Å². The van der Waals surface area contributed by atoms with Crippen molar-refractivity contribution in [2.75, 3.05) is 68.6 Å². The van der Waals surface area contributed by atoms with Crippen LogP contribution in [0.3, 0.4) is 0 Å². The third kappa shape index (κ3) is 26.6. The van der Waals surface area contributed by atoms with Crippen molar-refractivity contribution in [2.45, 2.75) is 497 Å². The third-order valence-electron chi connectivity index (χ3n) is 44.5. The Morgan fingerprint density at radius 2 is 0.513 bits per heavy atom. The molecule has 10 saturated carbocycles. The van der Waals surface area contributed by atoms with Gasteiger partial charge in [0.15, 0.2) is 0 Å². The zero-order chi connectivity index (χ0) is 106. The minimum absolute atomic E-state index is 0.0282. The van der Waals surface area contributed by atoms with Crippen molar-refractivity contribution in [3.63, 3.8) is 0 Å². The molecule has 16 heteroatoms. The zero-order valence-electron chi connectivity index (χ0n) is 95.3. The lowest BCUT2D eigenvalue weighted by atomic mass is 9.53. The fraction of sp³-hybridized carbons (Fsp3) is 0.769. The first kappa shape index (κ1) is 117. The summed E-state index contributed by atoms with van der Waals surface area (Å²) in [5, 5.41) is 93.2. The number of esters is 1. The first-order valence-corrected chi connectivity index (χ1v) is 62.2. The Balaban J connectivity index is 0.000000135. The van der Waals surface area contributed by atoms with E-state index in [-0.39, 0.29) is 63.6 Å². The molecule has 15 aliphatic rings. The van der Waals surface area contributed by atoms with Crippen molar-refractivity contribution < 1.29 is 79.2 Å². The second kappa shape index (κ2) is 54.6. The smallest absolute Gasteiger partial charge is 0.306 e. The third-order valence-corrected chi connectivity index (χ3v) is 44.5. The molecule has 0 radical (unpaired) electrons. The molecule has 0 unspecified atom stereocenters. The van der Waals surface area contributed by atoms with Crippen LogP contribution in [0, 0.1) is 86.3 Å². The van der Waals surface area contributed by atoms with Gasteiger partial charge in [0, 0.05) is 79.7 Å². The van der Waals surface area contributed by atoms with E-state index in [1.807, 2.05) is 48.5 Å². The first-order chi connectivity index (χ1) is 72.6. The van der Waals surface area contributed by atoms with Crippen molar-refractivity contribution in [2.24, 2.45) is 86.3 Å². The predicted molar refractivity (Wildman–Crippen MR) is 606 cm³/mol. The topological polar surface area (TPSA) is 255 Å².